The summed E-state index contributed by atoms with van der Waals surface area (Å²) in [4.78, 5) is 14.1. The van der Waals surface area contributed by atoms with Gasteiger partial charge in [-0.2, -0.15) is 0 Å². The Morgan fingerprint density at radius 2 is 1.73 bits per heavy atom. The Hall–Kier alpha value is -3.75. The predicted octanol–water partition coefficient (Wildman–Crippen LogP) is 3.90. The van der Waals surface area contributed by atoms with Gasteiger partial charge < -0.3 is 15.4 Å². The zero-order chi connectivity index (χ0) is 26.2. The maximum atomic E-state index is 15.1. The van der Waals surface area contributed by atoms with Crippen molar-refractivity contribution in [3.05, 3.63) is 66.1 Å². The average Bonchev–Trinajstić information content (AvgIpc) is 3.31. The van der Waals surface area contributed by atoms with Crippen LogP contribution in [0.4, 0.5) is 29.9 Å². The van der Waals surface area contributed by atoms with E-state index in [9.17, 15) is 17.2 Å². The standard InChI is InChI=1S/C23H19F3N6O3S2/c24-15-5-4-13(31-37(33,34)21-16(25)2-1-3-17(21)26)12-14(15)19-20(18-6-7-28-22(27)29-18)36-23(30-19)32-8-10-35-11-9-32/h1-7,12,31H,8-11H2,(H2,27,28,29). The second-order valence-electron chi connectivity index (χ2n) is 7.92. The molecule has 37 heavy (non-hydrogen) atoms. The molecule has 2 aromatic heterocycles. The molecule has 1 fully saturated rings. The number of benzene rings is 2. The predicted molar refractivity (Wildman–Crippen MR) is 133 cm³/mol. The monoisotopic (exact) mass is 548 g/mol. The van der Waals surface area contributed by atoms with Crippen LogP contribution in [0.1, 0.15) is 0 Å². The molecule has 0 aliphatic carbocycles. The number of thiazole rings is 1. The fraction of sp³-hybridized carbons (Fsp3) is 0.174. The fourth-order valence-corrected chi connectivity index (χ4v) is 6.06. The smallest absolute Gasteiger partial charge is 0.267 e. The van der Waals surface area contributed by atoms with E-state index in [1.165, 1.54) is 23.6 Å². The van der Waals surface area contributed by atoms with Gasteiger partial charge in [0.2, 0.25) is 5.95 Å². The number of nitrogens with two attached hydrogens (primary N) is 1. The number of nitrogens with one attached hydrogen (secondary N) is 1. The minimum Gasteiger partial charge on any atom is -0.378 e. The van der Waals surface area contributed by atoms with Crippen molar-refractivity contribution in [2.24, 2.45) is 0 Å². The molecule has 9 nitrogen and oxygen atoms in total. The molecule has 4 aromatic rings. The molecule has 3 N–H and O–H groups in total. The number of nitrogen functional groups attached to an aromatic ring is 1. The molecule has 5 rings (SSSR count). The van der Waals surface area contributed by atoms with Gasteiger partial charge in [0.25, 0.3) is 10.0 Å². The van der Waals surface area contributed by atoms with Gasteiger partial charge in [-0.05, 0) is 36.4 Å². The maximum absolute atomic E-state index is 15.1. The van der Waals surface area contributed by atoms with Crippen LogP contribution in [0, 0.1) is 17.5 Å². The average molecular weight is 549 g/mol. The molecule has 0 amide bonds. The van der Waals surface area contributed by atoms with Crippen LogP contribution in [0.5, 0.6) is 0 Å². The molecule has 14 heteroatoms. The lowest BCUT2D eigenvalue weighted by Crippen LogP contribution is -2.36. The first kappa shape index (κ1) is 24.9. The number of nitrogens with zero attached hydrogens (tertiary/aromatic N) is 4. The van der Waals surface area contributed by atoms with Crippen molar-refractivity contribution >= 4 is 38.1 Å². The van der Waals surface area contributed by atoms with Crippen LogP contribution in [-0.4, -0.2) is 49.7 Å². The molecule has 3 heterocycles. The summed E-state index contributed by atoms with van der Waals surface area (Å²) in [5.74, 6) is -3.19. The van der Waals surface area contributed by atoms with E-state index in [1.807, 2.05) is 4.90 Å². The summed E-state index contributed by atoms with van der Waals surface area (Å²) >= 11 is 1.26. The van der Waals surface area contributed by atoms with E-state index in [-0.39, 0.29) is 22.9 Å². The van der Waals surface area contributed by atoms with Crippen LogP contribution in [0.15, 0.2) is 53.6 Å². The van der Waals surface area contributed by atoms with Crippen LogP contribution in [0.3, 0.4) is 0 Å². The number of anilines is 3. The highest BCUT2D eigenvalue weighted by atomic mass is 32.2. The van der Waals surface area contributed by atoms with Gasteiger partial charge in [-0.15, -0.1) is 0 Å². The van der Waals surface area contributed by atoms with Gasteiger partial charge in [-0.3, -0.25) is 4.72 Å². The van der Waals surface area contributed by atoms with Gasteiger partial charge in [0, 0.05) is 30.5 Å². The maximum Gasteiger partial charge on any atom is 0.267 e. The van der Waals surface area contributed by atoms with Gasteiger partial charge >= 0.3 is 0 Å². The summed E-state index contributed by atoms with van der Waals surface area (Å²) in [6, 6.07) is 7.70. The Morgan fingerprint density at radius 1 is 1.00 bits per heavy atom. The molecule has 0 unspecified atom stereocenters. The number of sulfonamides is 1. The number of aromatic nitrogens is 3. The SMILES string of the molecule is Nc1nccc(-c2sc(N3CCOCC3)nc2-c2cc(NS(=O)(=O)c3c(F)cccc3F)ccc2F)n1. The van der Waals surface area contributed by atoms with E-state index in [0.29, 0.717) is 42.0 Å². The summed E-state index contributed by atoms with van der Waals surface area (Å²) in [5, 5.41) is 0.587. The third-order valence-corrected chi connectivity index (χ3v) is 8.04. The number of hydrogen-bond donors (Lipinski definition) is 2. The van der Waals surface area contributed by atoms with E-state index < -0.39 is 32.4 Å². The second-order valence-corrected chi connectivity index (χ2v) is 10.5. The molecule has 1 saturated heterocycles. The van der Waals surface area contributed by atoms with Gasteiger partial charge in [-0.25, -0.2) is 36.5 Å². The first-order valence-corrected chi connectivity index (χ1v) is 13.2. The zero-order valence-corrected chi connectivity index (χ0v) is 20.6. The molecule has 0 atom stereocenters. The summed E-state index contributed by atoms with van der Waals surface area (Å²) in [7, 11) is -4.67. The topological polar surface area (TPSA) is 123 Å². The fourth-order valence-electron chi connectivity index (χ4n) is 3.77. The zero-order valence-electron chi connectivity index (χ0n) is 19.0. The number of morpholine rings is 1. The Labute approximate surface area is 213 Å². The van der Waals surface area contributed by atoms with Crippen molar-refractivity contribution in [3.63, 3.8) is 0 Å². The van der Waals surface area contributed by atoms with Crippen LogP contribution in [-0.2, 0) is 14.8 Å². The Bertz CT molecular complexity index is 1560. The van der Waals surface area contributed by atoms with Crippen molar-refractivity contribution in [2.75, 3.05) is 41.7 Å². The minimum absolute atomic E-state index is 0.0127. The molecule has 1 aliphatic heterocycles. The first-order valence-electron chi connectivity index (χ1n) is 10.9. The number of ether oxygens (including phenoxy) is 1. The number of hydrogen-bond acceptors (Lipinski definition) is 9. The Morgan fingerprint density at radius 3 is 2.43 bits per heavy atom. The largest absolute Gasteiger partial charge is 0.378 e. The highest BCUT2D eigenvalue weighted by Gasteiger charge is 2.26. The van der Waals surface area contributed by atoms with Crippen LogP contribution in [0.2, 0.25) is 0 Å². The number of halogens is 3. The first-order chi connectivity index (χ1) is 17.7. The van der Waals surface area contributed by atoms with Gasteiger partial charge in [0.15, 0.2) is 10.0 Å². The van der Waals surface area contributed by atoms with Crippen molar-refractivity contribution in [1.82, 2.24) is 15.0 Å². The molecule has 0 bridgehead atoms. The van der Waals surface area contributed by atoms with Crippen molar-refractivity contribution in [2.45, 2.75) is 4.90 Å². The van der Waals surface area contributed by atoms with E-state index in [2.05, 4.69) is 19.7 Å². The highest BCUT2D eigenvalue weighted by molar-refractivity contribution is 7.92. The Kier molecular flexibility index (Phi) is 6.70. The third kappa shape index (κ3) is 5.08. The highest BCUT2D eigenvalue weighted by Crippen LogP contribution is 2.41. The van der Waals surface area contributed by atoms with Crippen molar-refractivity contribution in [1.29, 1.82) is 0 Å². The molecular formula is C23H19F3N6O3S2. The lowest BCUT2D eigenvalue weighted by molar-refractivity contribution is 0.122. The summed E-state index contributed by atoms with van der Waals surface area (Å²) in [6.07, 6.45) is 1.46. The minimum atomic E-state index is -4.67. The molecule has 0 spiro atoms. The molecule has 2 aromatic carbocycles. The van der Waals surface area contributed by atoms with E-state index >= 15 is 4.39 Å². The molecule has 192 valence electrons. The normalized spacial score (nSPS) is 14.1. The van der Waals surface area contributed by atoms with Crippen LogP contribution < -0.4 is 15.4 Å². The van der Waals surface area contributed by atoms with E-state index in [0.717, 1.165) is 30.3 Å². The van der Waals surface area contributed by atoms with Crippen LogP contribution >= 0.6 is 11.3 Å². The van der Waals surface area contributed by atoms with Gasteiger partial charge in [-0.1, -0.05) is 17.4 Å². The molecule has 0 radical (unpaired) electrons. The summed E-state index contributed by atoms with van der Waals surface area (Å²) in [6.45, 7) is 2.16. The van der Waals surface area contributed by atoms with Crippen molar-refractivity contribution < 1.29 is 26.3 Å². The van der Waals surface area contributed by atoms with Gasteiger partial charge in [0.05, 0.1) is 29.5 Å². The summed E-state index contributed by atoms with van der Waals surface area (Å²) in [5.41, 5.74) is 6.19. The van der Waals surface area contributed by atoms with Gasteiger partial charge in [0.1, 0.15) is 17.5 Å². The van der Waals surface area contributed by atoms with Crippen LogP contribution in [0.25, 0.3) is 21.8 Å². The lowest BCUT2D eigenvalue weighted by Gasteiger charge is -2.26. The summed E-state index contributed by atoms with van der Waals surface area (Å²) < 4.78 is 76.5. The number of rotatable bonds is 6. The van der Waals surface area contributed by atoms with E-state index in [1.54, 1.807) is 6.07 Å². The second kappa shape index (κ2) is 9.95. The quantitative estimate of drug-likeness (QED) is 0.372. The Balaban J connectivity index is 1.59. The molecule has 1 aliphatic rings. The van der Waals surface area contributed by atoms with Crippen molar-refractivity contribution in [3.8, 4) is 21.8 Å². The lowest BCUT2D eigenvalue weighted by atomic mass is 10.1. The third-order valence-electron chi connectivity index (χ3n) is 5.47. The molecular weight excluding hydrogens is 529 g/mol. The molecule has 0 saturated carbocycles. The van der Waals surface area contributed by atoms with E-state index in [4.69, 9.17) is 10.5 Å².